The lowest BCUT2D eigenvalue weighted by Gasteiger charge is -2.15. The maximum absolute atomic E-state index is 2.38. The first kappa shape index (κ1) is 26.4. The van der Waals surface area contributed by atoms with Crippen LogP contribution in [0, 0.1) is 0 Å². The predicted octanol–water partition coefficient (Wildman–Crippen LogP) is 12.4. The smallest absolute Gasteiger partial charge is 0.00987 e. The van der Waals surface area contributed by atoms with Gasteiger partial charge < -0.3 is 0 Å². The molecule has 0 bridgehead atoms. The first-order chi connectivity index (χ1) is 21.7. The largest absolute Gasteiger partial charge is 0.0616 e. The Bertz CT molecular complexity index is 2350. The number of hydrogen-bond acceptors (Lipinski definition) is 0. The van der Waals surface area contributed by atoms with E-state index in [1.807, 2.05) is 0 Å². The normalized spacial score (nSPS) is 11.6. The van der Waals surface area contributed by atoms with Crippen LogP contribution in [0.15, 0.2) is 146 Å². The Morgan fingerprint density at radius 1 is 0.341 bits per heavy atom. The second-order valence-electron chi connectivity index (χ2n) is 11.9. The zero-order chi connectivity index (χ0) is 29.6. The Hall–Kier alpha value is -5.20. The second-order valence-corrected chi connectivity index (χ2v) is 11.9. The summed E-state index contributed by atoms with van der Waals surface area (Å²) in [5.41, 5.74) is 10.4. The van der Waals surface area contributed by atoms with Crippen molar-refractivity contribution >= 4 is 43.1 Å². The van der Waals surface area contributed by atoms with Crippen molar-refractivity contribution in [2.45, 2.75) is 26.7 Å². The lowest BCUT2D eigenvalue weighted by molar-refractivity contribution is 1.14. The molecule has 0 aliphatic carbocycles. The molecule has 0 aromatic heterocycles. The van der Waals surface area contributed by atoms with E-state index in [-0.39, 0.29) is 0 Å². The van der Waals surface area contributed by atoms with E-state index in [9.17, 15) is 0 Å². The van der Waals surface area contributed by atoms with Crippen molar-refractivity contribution in [3.05, 3.63) is 157 Å². The summed E-state index contributed by atoms with van der Waals surface area (Å²) in [5, 5.41) is 10.4. The van der Waals surface area contributed by atoms with Gasteiger partial charge in [-0.1, -0.05) is 135 Å². The van der Waals surface area contributed by atoms with Gasteiger partial charge in [0.25, 0.3) is 0 Å². The molecule has 0 saturated carbocycles. The first-order valence-corrected chi connectivity index (χ1v) is 15.8. The Morgan fingerprint density at radius 2 is 0.955 bits per heavy atom. The van der Waals surface area contributed by atoms with Crippen LogP contribution in [-0.4, -0.2) is 0 Å². The van der Waals surface area contributed by atoms with Crippen molar-refractivity contribution in [1.82, 2.24) is 0 Å². The van der Waals surface area contributed by atoms with Gasteiger partial charge in [0.1, 0.15) is 0 Å². The zero-order valence-corrected chi connectivity index (χ0v) is 25.3. The fourth-order valence-corrected chi connectivity index (χ4v) is 7.03. The fraction of sp³-hybridized carbons (Fsp3) is 0.0909. The van der Waals surface area contributed by atoms with Gasteiger partial charge in [-0.15, -0.1) is 0 Å². The van der Waals surface area contributed by atoms with Gasteiger partial charge >= 0.3 is 0 Å². The molecule has 0 nitrogen and oxygen atoms in total. The molecule has 0 fully saturated rings. The summed E-state index contributed by atoms with van der Waals surface area (Å²) in [5.74, 6) is 0. The van der Waals surface area contributed by atoms with Crippen LogP contribution in [0.1, 0.15) is 25.0 Å². The molecule has 0 heterocycles. The van der Waals surface area contributed by atoms with Gasteiger partial charge in [0.05, 0.1) is 0 Å². The van der Waals surface area contributed by atoms with Crippen LogP contribution in [0.25, 0.3) is 76.5 Å². The summed E-state index contributed by atoms with van der Waals surface area (Å²) in [6.07, 6.45) is 2.04. The van der Waals surface area contributed by atoms with Gasteiger partial charge in [-0.2, -0.15) is 0 Å². The van der Waals surface area contributed by atoms with Gasteiger partial charge in [-0.25, -0.2) is 0 Å². The number of hydrogen-bond donors (Lipinski definition) is 0. The van der Waals surface area contributed by atoms with Crippen molar-refractivity contribution in [2.24, 2.45) is 0 Å². The molecule has 0 spiro atoms. The van der Waals surface area contributed by atoms with E-state index >= 15 is 0 Å². The summed E-state index contributed by atoms with van der Waals surface area (Å²) >= 11 is 0. The second kappa shape index (κ2) is 10.8. The predicted molar refractivity (Wildman–Crippen MR) is 192 cm³/mol. The van der Waals surface area contributed by atoms with E-state index in [0.717, 1.165) is 12.8 Å². The molecule has 210 valence electrons. The average Bonchev–Trinajstić information content (AvgIpc) is 3.10. The average molecular weight is 563 g/mol. The third-order valence-electron chi connectivity index (χ3n) is 9.36. The molecule has 0 radical (unpaired) electrons. The van der Waals surface area contributed by atoms with E-state index in [2.05, 4.69) is 159 Å². The fourth-order valence-electron chi connectivity index (χ4n) is 7.03. The van der Waals surface area contributed by atoms with Crippen molar-refractivity contribution in [1.29, 1.82) is 0 Å². The van der Waals surface area contributed by atoms with Gasteiger partial charge in [0, 0.05) is 0 Å². The van der Waals surface area contributed by atoms with Gasteiger partial charge in [-0.3, -0.25) is 0 Å². The van der Waals surface area contributed by atoms with Crippen LogP contribution in [0.5, 0.6) is 0 Å². The molecule has 8 aromatic rings. The Morgan fingerprint density at radius 3 is 1.70 bits per heavy atom. The highest BCUT2D eigenvalue weighted by atomic mass is 14.2. The van der Waals surface area contributed by atoms with Crippen LogP contribution < -0.4 is 0 Å². The highest BCUT2D eigenvalue weighted by Gasteiger charge is 2.12. The van der Waals surface area contributed by atoms with E-state index in [1.54, 1.807) is 0 Å². The van der Waals surface area contributed by atoms with Crippen LogP contribution in [0.4, 0.5) is 0 Å². The molecule has 0 aliphatic rings. The molecule has 0 aliphatic heterocycles. The SMILES string of the molecule is CCc1cc(-c2ccc3cc(-c4ccc(CC)c5ccccc45)ccc3c2)cc(-c2cc3ccccc3c3ccccc23)c1. The Kier molecular flexibility index (Phi) is 6.50. The van der Waals surface area contributed by atoms with Crippen molar-refractivity contribution in [3.63, 3.8) is 0 Å². The van der Waals surface area contributed by atoms with Crippen LogP contribution in [0.3, 0.4) is 0 Å². The molecular formula is C44H34. The van der Waals surface area contributed by atoms with Crippen LogP contribution in [-0.2, 0) is 12.8 Å². The van der Waals surface area contributed by atoms with Gasteiger partial charge in [0.15, 0.2) is 0 Å². The maximum Gasteiger partial charge on any atom is -0.00987 e. The summed E-state index contributed by atoms with van der Waals surface area (Å²) in [6, 6.07) is 54.3. The lowest BCUT2D eigenvalue weighted by Crippen LogP contribution is -1.90. The van der Waals surface area contributed by atoms with Crippen molar-refractivity contribution in [2.75, 3.05) is 0 Å². The highest BCUT2D eigenvalue weighted by molar-refractivity contribution is 6.14. The standard InChI is InChI=1S/C44H34/c1-3-29-23-36(27-37(24-29)44-28-34-11-5-6-13-39(34)42-15-9-10-16-43(42)44)33-18-17-32-26-35(20-19-31(32)25-33)40-22-21-30(4-2)38-12-7-8-14-41(38)40/h5-28H,3-4H2,1-2H3. The van der Waals surface area contributed by atoms with Crippen molar-refractivity contribution < 1.29 is 0 Å². The quantitative estimate of drug-likeness (QED) is 0.183. The lowest BCUT2D eigenvalue weighted by atomic mass is 9.89. The Labute approximate surface area is 259 Å². The molecule has 0 N–H and O–H groups in total. The molecule has 44 heavy (non-hydrogen) atoms. The maximum atomic E-state index is 2.38. The molecule has 0 saturated heterocycles. The summed E-state index contributed by atoms with van der Waals surface area (Å²) < 4.78 is 0. The molecule has 0 unspecified atom stereocenters. The van der Waals surface area contributed by atoms with Crippen LogP contribution in [0.2, 0.25) is 0 Å². The summed E-state index contributed by atoms with van der Waals surface area (Å²) in [4.78, 5) is 0. The molecule has 0 atom stereocenters. The number of fused-ring (bicyclic) bond motifs is 5. The molecule has 0 amide bonds. The van der Waals surface area contributed by atoms with E-state index in [0.29, 0.717) is 0 Å². The molecule has 0 heteroatoms. The number of rotatable bonds is 5. The third-order valence-corrected chi connectivity index (χ3v) is 9.36. The highest BCUT2D eigenvalue weighted by Crippen LogP contribution is 2.38. The summed E-state index contributed by atoms with van der Waals surface area (Å²) in [7, 11) is 0. The molecule has 8 aromatic carbocycles. The van der Waals surface area contributed by atoms with Gasteiger partial charge in [0.2, 0.25) is 0 Å². The monoisotopic (exact) mass is 562 g/mol. The van der Waals surface area contributed by atoms with E-state index < -0.39 is 0 Å². The first-order valence-electron chi connectivity index (χ1n) is 15.8. The number of aryl methyl sites for hydroxylation is 2. The summed E-state index contributed by atoms with van der Waals surface area (Å²) in [6.45, 7) is 4.48. The minimum absolute atomic E-state index is 0.994. The van der Waals surface area contributed by atoms with E-state index in [1.165, 1.54) is 87.6 Å². The van der Waals surface area contributed by atoms with E-state index in [4.69, 9.17) is 0 Å². The zero-order valence-electron chi connectivity index (χ0n) is 25.3. The van der Waals surface area contributed by atoms with Crippen LogP contribution >= 0.6 is 0 Å². The molecular weight excluding hydrogens is 528 g/mol. The minimum atomic E-state index is 0.994. The van der Waals surface area contributed by atoms with Gasteiger partial charge in [-0.05, 0) is 125 Å². The number of benzene rings is 8. The van der Waals surface area contributed by atoms with Crippen molar-refractivity contribution in [3.8, 4) is 33.4 Å². The molecule has 8 rings (SSSR count). The Balaban J connectivity index is 1.24. The third kappa shape index (κ3) is 4.46. The topological polar surface area (TPSA) is 0 Å². The minimum Gasteiger partial charge on any atom is -0.0616 e.